The Hall–Kier alpha value is -0.610. The first-order valence-corrected chi connectivity index (χ1v) is 3.90. The van der Waals surface area contributed by atoms with Gasteiger partial charge in [-0.2, -0.15) is 0 Å². The van der Waals surface area contributed by atoms with Crippen LogP contribution in [0.5, 0.6) is 0 Å². The Labute approximate surface area is 66.0 Å². The summed E-state index contributed by atoms with van der Waals surface area (Å²) in [5.41, 5.74) is 5.20. The fourth-order valence-corrected chi connectivity index (χ4v) is 1.47. The Morgan fingerprint density at radius 2 is 2.45 bits per heavy atom. The van der Waals surface area contributed by atoms with Crippen molar-refractivity contribution in [2.24, 2.45) is 5.73 Å². The molecule has 4 nitrogen and oxygen atoms in total. The molecule has 1 aliphatic heterocycles. The zero-order valence-electron chi connectivity index (χ0n) is 6.49. The molecule has 1 amide bonds. The lowest BCUT2D eigenvalue weighted by atomic mass is 10.2. The van der Waals surface area contributed by atoms with Gasteiger partial charge in [-0.25, -0.2) is 0 Å². The Morgan fingerprint density at radius 1 is 1.73 bits per heavy atom. The minimum Gasteiger partial charge on any atom is -0.394 e. The summed E-state index contributed by atoms with van der Waals surface area (Å²) in [6, 6.07) is 0.0195. The van der Waals surface area contributed by atoms with Gasteiger partial charge in [0.05, 0.1) is 19.2 Å². The third kappa shape index (κ3) is 1.70. The molecule has 1 heterocycles. The molecule has 0 aromatic heterocycles. The van der Waals surface area contributed by atoms with E-state index in [1.165, 1.54) is 0 Å². The van der Waals surface area contributed by atoms with Crippen LogP contribution in [-0.2, 0) is 4.79 Å². The Kier molecular flexibility index (Phi) is 2.84. The lowest BCUT2D eigenvalue weighted by Crippen LogP contribution is -2.41. The van der Waals surface area contributed by atoms with E-state index in [4.69, 9.17) is 10.8 Å². The molecular weight excluding hydrogens is 144 g/mol. The van der Waals surface area contributed by atoms with Crippen LogP contribution in [0.15, 0.2) is 0 Å². The highest BCUT2D eigenvalue weighted by Gasteiger charge is 2.26. The average molecular weight is 158 g/mol. The van der Waals surface area contributed by atoms with Crippen molar-refractivity contribution in [3.63, 3.8) is 0 Å². The smallest absolute Gasteiger partial charge is 0.236 e. The third-order valence-corrected chi connectivity index (χ3v) is 2.08. The van der Waals surface area contributed by atoms with E-state index in [1.807, 2.05) is 0 Å². The van der Waals surface area contributed by atoms with Gasteiger partial charge in [-0.3, -0.25) is 4.79 Å². The molecule has 0 aromatic carbocycles. The van der Waals surface area contributed by atoms with Gasteiger partial charge in [0.1, 0.15) is 0 Å². The largest absolute Gasteiger partial charge is 0.394 e. The molecule has 0 radical (unpaired) electrons. The van der Waals surface area contributed by atoms with Crippen molar-refractivity contribution in [3.05, 3.63) is 0 Å². The van der Waals surface area contributed by atoms with Crippen molar-refractivity contribution >= 4 is 5.91 Å². The number of nitrogens with zero attached hydrogens (tertiary/aromatic N) is 1. The van der Waals surface area contributed by atoms with Crippen LogP contribution >= 0.6 is 0 Å². The molecule has 1 saturated heterocycles. The predicted molar refractivity (Wildman–Crippen MR) is 40.9 cm³/mol. The maximum absolute atomic E-state index is 11.1. The molecular formula is C7H14N2O2. The van der Waals surface area contributed by atoms with Gasteiger partial charge in [0, 0.05) is 6.54 Å². The molecule has 1 aliphatic rings. The van der Waals surface area contributed by atoms with Crippen LogP contribution in [0.1, 0.15) is 12.8 Å². The van der Waals surface area contributed by atoms with Crippen molar-refractivity contribution in [3.8, 4) is 0 Å². The summed E-state index contributed by atoms with van der Waals surface area (Å²) in [7, 11) is 0. The zero-order valence-corrected chi connectivity index (χ0v) is 6.49. The second kappa shape index (κ2) is 3.69. The number of aliphatic hydroxyl groups is 1. The van der Waals surface area contributed by atoms with Gasteiger partial charge in [-0.05, 0) is 12.8 Å². The number of carbonyl (C=O) groups is 1. The molecule has 11 heavy (non-hydrogen) atoms. The lowest BCUT2D eigenvalue weighted by molar-refractivity contribution is -0.131. The first kappa shape index (κ1) is 8.49. The molecule has 0 spiro atoms. The van der Waals surface area contributed by atoms with Crippen LogP contribution in [0.25, 0.3) is 0 Å². The maximum Gasteiger partial charge on any atom is 0.236 e. The van der Waals surface area contributed by atoms with E-state index in [2.05, 4.69) is 0 Å². The SMILES string of the molecule is NCC(=O)N1CCC[C@H]1CO. The summed E-state index contributed by atoms with van der Waals surface area (Å²) in [5, 5.41) is 8.85. The van der Waals surface area contributed by atoms with Gasteiger partial charge in [-0.15, -0.1) is 0 Å². The van der Waals surface area contributed by atoms with Gasteiger partial charge >= 0.3 is 0 Å². The van der Waals surface area contributed by atoms with E-state index in [9.17, 15) is 4.79 Å². The Balaban J connectivity index is 2.49. The van der Waals surface area contributed by atoms with Crippen molar-refractivity contribution < 1.29 is 9.90 Å². The van der Waals surface area contributed by atoms with E-state index in [0.29, 0.717) is 0 Å². The molecule has 0 unspecified atom stereocenters. The lowest BCUT2D eigenvalue weighted by Gasteiger charge is -2.21. The molecule has 0 bridgehead atoms. The minimum absolute atomic E-state index is 0.0195. The van der Waals surface area contributed by atoms with Crippen molar-refractivity contribution in [1.29, 1.82) is 0 Å². The maximum atomic E-state index is 11.1. The Morgan fingerprint density at radius 3 is 3.00 bits per heavy atom. The van der Waals surface area contributed by atoms with Crippen LogP contribution in [-0.4, -0.2) is 41.7 Å². The van der Waals surface area contributed by atoms with E-state index in [0.717, 1.165) is 19.4 Å². The summed E-state index contributed by atoms with van der Waals surface area (Å²) >= 11 is 0. The highest BCUT2D eigenvalue weighted by molar-refractivity contribution is 5.78. The third-order valence-electron chi connectivity index (χ3n) is 2.08. The average Bonchev–Trinajstić information content (AvgIpc) is 2.50. The molecule has 1 fully saturated rings. The van der Waals surface area contributed by atoms with Crippen LogP contribution < -0.4 is 5.73 Å². The van der Waals surface area contributed by atoms with Crippen molar-refractivity contribution in [2.75, 3.05) is 19.7 Å². The number of hydrogen-bond acceptors (Lipinski definition) is 3. The summed E-state index contributed by atoms with van der Waals surface area (Å²) in [4.78, 5) is 12.7. The fourth-order valence-electron chi connectivity index (χ4n) is 1.47. The van der Waals surface area contributed by atoms with Gasteiger partial charge in [-0.1, -0.05) is 0 Å². The zero-order chi connectivity index (χ0) is 8.27. The first-order chi connectivity index (χ1) is 5.29. The monoisotopic (exact) mass is 158 g/mol. The molecule has 64 valence electrons. The molecule has 0 aliphatic carbocycles. The van der Waals surface area contributed by atoms with E-state index in [1.54, 1.807) is 4.90 Å². The standard InChI is InChI=1S/C7H14N2O2/c8-4-7(11)9-3-1-2-6(9)5-10/h6,10H,1-5,8H2/t6-/m0/s1. The number of likely N-dealkylation sites (tertiary alicyclic amines) is 1. The topological polar surface area (TPSA) is 66.6 Å². The Bertz CT molecular complexity index is 149. The van der Waals surface area contributed by atoms with Crippen LogP contribution in [0.3, 0.4) is 0 Å². The summed E-state index contributed by atoms with van der Waals surface area (Å²) in [6.07, 6.45) is 1.89. The van der Waals surface area contributed by atoms with Crippen LogP contribution in [0.2, 0.25) is 0 Å². The summed E-state index contributed by atoms with van der Waals surface area (Å²) in [5.74, 6) is -0.0541. The predicted octanol–water partition coefficient (Wildman–Crippen LogP) is -1.07. The number of hydrogen-bond donors (Lipinski definition) is 2. The van der Waals surface area contributed by atoms with Crippen molar-refractivity contribution in [2.45, 2.75) is 18.9 Å². The quantitative estimate of drug-likeness (QED) is 0.537. The number of amides is 1. The molecule has 3 N–H and O–H groups in total. The fraction of sp³-hybridized carbons (Fsp3) is 0.857. The van der Waals surface area contributed by atoms with Crippen molar-refractivity contribution in [1.82, 2.24) is 4.90 Å². The molecule has 0 saturated carbocycles. The normalized spacial score (nSPS) is 24.2. The number of nitrogens with two attached hydrogens (primary N) is 1. The number of aliphatic hydroxyl groups excluding tert-OH is 1. The molecule has 1 atom stereocenters. The van der Waals surface area contributed by atoms with E-state index < -0.39 is 0 Å². The molecule has 4 heteroatoms. The second-order valence-electron chi connectivity index (χ2n) is 2.77. The van der Waals surface area contributed by atoms with Crippen LogP contribution in [0.4, 0.5) is 0 Å². The molecule has 1 rings (SSSR count). The van der Waals surface area contributed by atoms with E-state index >= 15 is 0 Å². The highest BCUT2D eigenvalue weighted by atomic mass is 16.3. The minimum atomic E-state index is -0.0541. The summed E-state index contributed by atoms with van der Waals surface area (Å²) < 4.78 is 0. The van der Waals surface area contributed by atoms with Gasteiger partial charge in [0.15, 0.2) is 0 Å². The van der Waals surface area contributed by atoms with E-state index in [-0.39, 0.29) is 25.1 Å². The second-order valence-corrected chi connectivity index (χ2v) is 2.77. The van der Waals surface area contributed by atoms with Gasteiger partial charge in [0.25, 0.3) is 0 Å². The number of rotatable bonds is 2. The van der Waals surface area contributed by atoms with Gasteiger partial charge in [0.2, 0.25) is 5.91 Å². The van der Waals surface area contributed by atoms with Crippen LogP contribution in [0, 0.1) is 0 Å². The summed E-state index contributed by atoms with van der Waals surface area (Å²) in [6.45, 7) is 0.865. The number of carbonyl (C=O) groups excluding carboxylic acids is 1. The first-order valence-electron chi connectivity index (χ1n) is 3.90. The van der Waals surface area contributed by atoms with Gasteiger partial charge < -0.3 is 15.7 Å². The highest BCUT2D eigenvalue weighted by Crippen LogP contribution is 2.15. The molecule has 0 aromatic rings.